The third-order valence-electron chi connectivity index (χ3n) is 8.03. The van der Waals surface area contributed by atoms with E-state index in [1.54, 1.807) is 7.11 Å². The number of hydrogen-bond acceptors (Lipinski definition) is 6. The van der Waals surface area contributed by atoms with Crippen LogP contribution in [0.25, 0.3) is 11.3 Å². The maximum absolute atomic E-state index is 13.7. The van der Waals surface area contributed by atoms with E-state index in [9.17, 15) is 9.59 Å². The zero-order valence-electron chi connectivity index (χ0n) is 21.3. The zero-order valence-corrected chi connectivity index (χ0v) is 21.3. The van der Waals surface area contributed by atoms with Crippen LogP contribution in [0, 0.1) is 5.92 Å². The molecule has 2 aromatic rings. The lowest BCUT2D eigenvalue weighted by atomic mass is 9.74. The quantitative estimate of drug-likeness (QED) is 0.516. The summed E-state index contributed by atoms with van der Waals surface area (Å²) in [6.45, 7) is 5.69. The molecule has 5 rings (SSSR count). The van der Waals surface area contributed by atoms with E-state index < -0.39 is 5.54 Å². The monoisotopic (exact) mass is 495 g/mol. The number of methoxy groups -OCH3 is 1. The van der Waals surface area contributed by atoms with Gasteiger partial charge >= 0.3 is 6.03 Å². The molecule has 1 aromatic carbocycles. The number of aromatic amines is 1. The number of ether oxygens (including phenoxy) is 2. The molecule has 0 aliphatic carbocycles. The van der Waals surface area contributed by atoms with Crippen LogP contribution in [0.1, 0.15) is 51.0 Å². The van der Waals surface area contributed by atoms with Crippen LogP contribution in [-0.4, -0.2) is 76.9 Å². The topological polar surface area (TPSA) is 99.8 Å². The number of likely N-dealkylation sites (tertiary alicyclic amines) is 1. The molecule has 3 fully saturated rings. The predicted octanol–water partition coefficient (Wildman–Crippen LogP) is 3.57. The van der Waals surface area contributed by atoms with E-state index in [2.05, 4.69) is 27.3 Å². The highest BCUT2D eigenvalue weighted by Gasteiger charge is 2.55. The third-order valence-corrected chi connectivity index (χ3v) is 8.03. The maximum atomic E-state index is 13.7. The molecule has 194 valence electrons. The number of nitrogens with one attached hydrogen (secondary N) is 2. The minimum Gasteiger partial charge on any atom is -0.497 e. The Morgan fingerprint density at radius 1 is 1.17 bits per heavy atom. The van der Waals surface area contributed by atoms with Crippen molar-refractivity contribution in [3.05, 3.63) is 36.0 Å². The van der Waals surface area contributed by atoms with Crippen molar-refractivity contribution in [1.29, 1.82) is 0 Å². The molecule has 4 heterocycles. The van der Waals surface area contributed by atoms with Crippen molar-refractivity contribution in [2.45, 2.75) is 63.6 Å². The fourth-order valence-electron chi connectivity index (χ4n) is 6.11. The molecule has 3 aliphatic heterocycles. The second-order valence-electron chi connectivity index (χ2n) is 10.3. The lowest BCUT2D eigenvalue weighted by Crippen LogP contribution is -2.56. The Labute approximate surface area is 212 Å². The smallest absolute Gasteiger partial charge is 0.325 e. The average Bonchev–Trinajstić information content (AvgIpc) is 3.63. The second-order valence-corrected chi connectivity index (χ2v) is 10.3. The van der Waals surface area contributed by atoms with Crippen LogP contribution in [0.4, 0.5) is 4.79 Å². The summed E-state index contributed by atoms with van der Waals surface area (Å²) in [4.78, 5) is 30.4. The lowest BCUT2D eigenvalue weighted by molar-refractivity contribution is -0.135. The van der Waals surface area contributed by atoms with E-state index in [1.165, 1.54) is 4.90 Å². The van der Waals surface area contributed by atoms with Crippen molar-refractivity contribution in [3.8, 4) is 17.0 Å². The number of urea groups is 1. The number of rotatable bonds is 9. The summed E-state index contributed by atoms with van der Waals surface area (Å²) in [5.41, 5.74) is 2.45. The summed E-state index contributed by atoms with van der Waals surface area (Å²) < 4.78 is 11.0. The van der Waals surface area contributed by atoms with Crippen LogP contribution in [0.3, 0.4) is 0 Å². The van der Waals surface area contributed by atoms with Gasteiger partial charge in [-0.05, 0) is 75.4 Å². The lowest BCUT2D eigenvalue weighted by Gasteiger charge is -2.41. The predicted molar refractivity (Wildman–Crippen MR) is 135 cm³/mol. The van der Waals surface area contributed by atoms with Gasteiger partial charge in [0, 0.05) is 24.3 Å². The minimum atomic E-state index is -0.791. The van der Waals surface area contributed by atoms with Gasteiger partial charge in [0.05, 0.1) is 31.6 Å². The molecule has 0 unspecified atom stereocenters. The Hall–Kier alpha value is -2.91. The van der Waals surface area contributed by atoms with Crippen molar-refractivity contribution in [2.75, 3.05) is 33.4 Å². The molecule has 3 saturated heterocycles. The molecule has 1 aromatic heterocycles. The Kier molecular flexibility index (Phi) is 7.29. The Balaban J connectivity index is 1.24. The second kappa shape index (κ2) is 10.6. The van der Waals surface area contributed by atoms with Gasteiger partial charge in [0.15, 0.2) is 0 Å². The van der Waals surface area contributed by atoms with Crippen molar-refractivity contribution in [2.24, 2.45) is 5.92 Å². The van der Waals surface area contributed by atoms with Crippen LogP contribution >= 0.6 is 0 Å². The standard InChI is InChI=1S/C27H37N5O4/c1-3-12-27(25(33)32(26(34)29-27)18-23-5-4-15-36-23)21-10-13-31(14-11-21)17-20-16-28-30-24(20)19-6-8-22(35-2)9-7-19/h6-9,16,21,23H,3-5,10-15,17-18H2,1-2H3,(H,28,30)(H,29,34)/t23-,27+/m0/s1. The summed E-state index contributed by atoms with van der Waals surface area (Å²) >= 11 is 0. The van der Waals surface area contributed by atoms with Crippen LogP contribution in [-0.2, 0) is 16.1 Å². The Morgan fingerprint density at radius 3 is 2.61 bits per heavy atom. The first-order valence-corrected chi connectivity index (χ1v) is 13.2. The Bertz CT molecular complexity index is 1060. The normalized spacial score (nSPS) is 25.5. The van der Waals surface area contributed by atoms with Crippen LogP contribution in [0.15, 0.2) is 30.5 Å². The highest BCUT2D eigenvalue weighted by molar-refractivity contribution is 6.07. The van der Waals surface area contributed by atoms with Crippen molar-refractivity contribution < 1.29 is 19.1 Å². The van der Waals surface area contributed by atoms with Gasteiger partial charge in [-0.25, -0.2) is 4.79 Å². The van der Waals surface area contributed by atoms with Crippen molar-refractivity contribution in [3.63, 3.8) is 0 Å². The van der Waals surface area contributed by atoms with Crippen LogP contribution < -0.4 is 10.1 Å². The molecule has 2 N–H and O–H groups in total. The maximum Gasteiger partial charge on any atom is 0.325 e. The van der Waals surface area contributed by atoms with Gasteiger partial charge in [0.25, 0.3) is 5.91 Å². The van der Waals surface area contributed by atoms with Gasteiger partial charge in [-0.1, -0.05) is 13.3 Å². The number of hydrogen-bond donors (Lipinski definition) is 2. The molecule has 0 radical (unpaired) electrons. The first-order chi connectivity index (χ1) is 17.5. The number of H-pyrrole nitrogens is 1. The van der Waals surface area contributed by atoms with Gasteiger partial charge in [-0.15, -0.1) is 0 Å². The summed E-state index contributed by atoms with van der Waals surface area (Å²) in [5, 5.41) is 10.6. The molecule has 36 heavy (non-hydrogen) atoms. The fraction of sp³-hybridized carbons (Fsp3) is 0.593. The largest absolute Gasteiger partial charge is 0.497 e. The van der Waals surface area contributed by atoms with Gasteiger partial charge in [0.2, 0.25) is 0 Å². The first-order valence-electron chi connectivity index (χ1n) is 13.2. The van der Waals surface area contributed by atoms with Crippen molar-refractivity contribution in [1.82, 2.24) is 25.3 Å². The summed E-state index contributed by atoms with van der Waals surface area (Å²) in [7, 11) is 1.66. The highest BCUT2D eigenvalue weighted by atomic mass is 16.5. The molecule has 9 heteroatoms. The van der Waals surface area contributed by atoms with Gasteiger partial charge in [-0.2, -0.15) is 5.10 Å². The van der Waals surface area contributed by atoms with Gasteiger partial charge in [-0.3, -0.25) is 19.7 Å². The van der Waals surface area contributed by atoms with E-state index in [0.717, 1.165) is 74.3 Å². The molecule has 0 saturated carbocycles. The Morgan fingerprint density at radius 2 is 1.94 bits per heavy atom. The average molecular weight is 496 g/mol. The molecule has 3 aliphatic rings. The highest BCUT2D eigenvalue weighted by Crippen LogP contribution is 2.38. The van der Waals surface area contributed by atoms with E-state index in [1.807, 2.05) is 30.5 Å². The van der Waals surface area contributed by atoms with Gasteiger partial charge in [0.1, 0.15) is 11.3 Å². The van der Waals surface area contributed by atoms with Crippen molar-refractivity contribution >= 4 is 11.9 Å². The van der Waals surface area contributed by atoms with E-state index in [-0.39, 0.29) is 24.0 Å². The van der Waals surface area contributed by atoms with Crippen LogP contribution in [0.5, 0.6) is 5.75 Å². The van der Waals surface area contributed by atoms with Crippen LogP contribution in [0.2, 0.25) is 0 Å². The number of nitrogens with zero attached hydrogens (tertiary/aromatic N) is 3. The number of amides is 3. The molecule has 9 nitrogen and oxygen atoms in total. The molecule has 2 atom stereocenters. The number of carbonyl (C=O) groups is 2. The molecular formula is C27H37N5O4. The summed E-state index contributed by atoms with van der Waals surface area (Å²) in [6.07, 6.45) is 7.02. The fourth-order valence-corrected chi connectivity index (χ4v) is 6.11. The van der Waals surface area contributed by atoms with E-state index in [4.69, 9.17) is 9.47 Å². The molecule has 3 amide bonds. The SMILES string of the molecule is CCC[C@]1(C2CCN(Cc3cn[nH]c3-c3ccc(OC)cc3)CC2)NC(=O)N(C[C@@H]2CCCO2)C1=O. The zero-order chi connectivity index (χ0) is 25.1. The number of carbonyl (C=O) groups excluding carboxylic acids is 2. The van der Waals surface area contributed by atoms with E-state index >= 15 is 0 Å². The number of imide groups is 1. The summed E-state index contributed by atoms with van der Waals surface area (Å²) in [5.74, 6) is 0.899. The molecule has 0 spiro atoms. The third kappa shape index (κ3) is 4.74. The van der Waals surface area contributed by atoms with E-state index in [0.29, 0.717) is 19.6 Å². The number of benzene rings is 1. The molecule has 0 bridgehead atoms. The summed E-state index contributed by atoms with van der Waals surface area (Å²) in [6, 6.07) is 7.72. The first kappa shape index (κ1) is 24.8. The van der Waals surface area contributed by atoms with Gasteiger partial charge < -0.3 is 14.8 Å². The number of piperidine rings is 1. The number of aromatic nitrogens is 2. The molecular weight excluding hydrogens is 458 g/mol. The minimum absolute atomic E-state index is 0.0335.